The number of amides is 2. The number of carbonyl (C=O) groups is 1. The highest BCUT2D eigenvalue weighted by Crippen LogP contribution is 2.46. The number of urea groups is 1. The third-order valence-corrected chi connectivity index (χ3v) is 4.15. The Hall–Kier alpha value is -1.42. The van der Waals surface area contributed by atoms with Gasteiger partial charge in [0.2, 0.25) is 0 Å². The van der Waals surface area contributed by atoms with Crippen LogP contribution in [0.2, 0.25) is 5.02 Å². The van der Waals surface area contributed by atoms with Crippen LogP contribution in [0.5, 0.6) is 5.75 Å². The second-order valence-electron chi connectivity index (χ2n) is 5.60. The molecule has 1 saturated heterocycles. The number of fused-ring (bicyclic) bond motifs is 4. The number of nitrogens with zero attached hydrogens (tertiary/aromatic N) is 1. The standard InChI is InChI=1S/C14H17ClN2O2/c1-8(2)17-13(18)16-10-7-14(17,3)19-11-6-4-5-9(15)12(10)11/h4-6,8,10H,7H2,1-3H3,(H,16,18). The van der Waals surface area contributed by atoms with Crippen LogP contribution in [0.3, 0.4) is 0 Å². The van der Waals surface area contributed by atoms with Gasteiger partial charge in [0, 0.05) is 23.0 Å². The van der Waals surface area contributed by atoms with E-state index in [0.29, 0.717) is 11.4 Å². The van der Waals surface area contributed by atoms with Gasteiger partial charge in [0.1, 0.15) is 5.75 Å². The molecule has 2 heterocycles. The minimum absolute atomic E-state index is 0.0756. The Morgan fingerprint density at radius 1 is 1.53 bits per heavy atom. The summed E-state index contributed by atoms with van der Waals surface area (Å²) in [6.07, 6.45) is 0.702. The molecule has 0 radical (unpaired) electrons. The summed E-state index contributed by atoms with van der Waals surface area (Å²) in [5.41, 5.74) is 0.275. The van der Waals surface area contributed by atoms with E-state index in [-0.39, 0.29) is 18.1 Å². The summed E-state index contributed by atoms with van der Waals surface area (Å²) in [4.78, 5) is 14.0. The Bertz CT molecular complexity index is 546. The van der Waals surface area contributed by atoms with Crippen LogP contribution in [0.1, 0.15) is 38.8 Å². The zero-order valence-electron chi connectivity index (χ0n) is 11.2. The first-order chi connectivity index (χ1) is 8.92. The predicted molar refractivity (Wildman–Crippen MR) is 73.3 cm³/mol. The molecule has 2 bridgehead atoms. The lowest BCUT2D eigenvalue weighted by molar-refractivity contribution is -0.0963. The maximum Gasteiger partial charge on any atom is 0.321 e. The van der Waals surface area contributed by atoms with Gasteiger partial charge >= 0.3 is 6.03 Å². The molecule has 2 atom stereocenters. The summed E-state index contributed by atoms with van der Waals surface area (Å²) in [6.45, 7) is 5.94. The lowest BCUT2D eigenvalue weighted by atomic mass is 9.90. The number of nitrogens with one attached hydrogen (secondary N) is 1. The van der Waals surface area contributed by atoms with Crippen LogP contribution in [0.4, 0.5) is 4.79 Å². The Kier molecular flexibility index (Phi) is 2.68. The van der Waals surface area contributed by atoms with Crippen molar-refractivity contribution in [3.63, 3.8) is 0 Å². The van der Waals surface area contributed by atoms with Crippen molar-refractivity contribution < 1.29 is 9.53 Å². The fourth-order valence-corrected chi connectivity index (χ4v) is 3.49. The smallest absolute Gasteiger partial charge is 0.321 e. The first-order valence-corrected chi connectivity index (χ1v) is 6.87. The van der Waals surface area contributed by atoms with Crippen LogP contribution in [-0.2, 0) is 0 Å². The molecule has 1 fully saturated rings. The molecule has 1 aromatic rings. The third kappa shape index (κ3) is 1.77. The van der Waals surface area contributed by atoms with E-state index in [4.69, 9.17) is 16.3 Å². The highest BCUT2D eigenvalue weighted by atomic mass is 35.5. The molecule has 0 aromatic heterocycles. The number of ether oxygens (including phenoxy) is 1. The minimum Gasteiger partial charge on any atom is -0.468 e. The van der Waals surface area contributed by atoms with Gasteiger partial charge in [0.15, 0.2) is 5.72 Å². The molecule has 2 unspecified atom stereocenters. The second kappa shape index (κ2) is 4.04. The molecule has 0 spiro atoms. The predicted octanol–water partition coefficient (Wildman–Crippen LogP) is 3.31. The van der Waals surface area contributed by atoms with Crippen molar-refractivity contribution in [3.05, 3.63) is 28.8 Å². The van der Waals surface area contributed by atoms with Crippen molar-refractivity contribution in [1.29, 1.82) is 0 Å². The summed E-state index contributed by atoms with van der Waals surface area (Å²) in [6, 6.07) is 5.50. The Morgan fingerprint density at radius 3 is 2.95 bits per heavy atom. The third-order valence-electron chi connectivity index (χ3n) is 3.82. The van der Waals surface area contributed by atoms with Crippen LogP contribution in [0.15, 0.2) is 18.2 Å². The fraction of sp³-hybridized carbons (Fsp3) is 0.500. The first-order valence-electron chi connectivity index (χ1n) is 6.49. The summed E-state index contributed by atoms with van der Waals surface area (Å²) in [5, 5.41) is 3.67. The molecule has 2 amide bonds. The van der Waals surface area contributed by atoms with Gasteiger partial charge in [-0.2, -0.15) is 0 Å². The number of halogens is 1. The number of hydrogen-bond acceptors (Lipinski definition) is 2. The molecule has 0 aliphatic carbocycles. The van der Waals surface area contributed by atoms with Gasteiger partial charge in [-0.25, -0.2) is 4.79 Å². The van der Waals surface area contributed by atoms with Gasteiger partial charge < -0.3 is 10.1 Å². The molecule has 19 heavy (non-hydrogen) atoms. The quantitative estimate of drug-likeness (QED) is 0.857. The number of hydrogen-bond donors (Lipinski definition) is 1. The summed E-state index contributed by atoms with van der Waals surface area (Å²) >= 11 is 6.23. The van der Waals surface area contributed by atoms with Crippen molar-refractivity contribution in [1.82, 2.24) is 10.2 Å². The summed E-state index contributed by atoms with van der Waals surface area (Å²) in [5.74, 6) is 0.761. The van der Waals surface area contributed by atoms with Crippen LogP contribution in [0, 0.1) is 0 Å². The SMILES string of the molecule is CC(C)N1C(=O)NC2CC1(C)Oc1cccc(Cl)c12. The lowest BCUT2D eigenvalue weighted by Crippen LogP contribution is -2.66. The maximum atomic E-state index is 12.3. The molecule has 0 saturated carbocycles. The largest absolute Gasteiger partial charge is 0.468 e. The van der Waals surface area contributed by atoms with Crippen molar-refractivity contribution in [2.75, 3.05) is 0 Å². The highest BCUT2D eigenvalue weighted by molar-refractivity contribution is 6.31. The maximum absolute atomic E-state index is 12.3. The van der Waals surface area contributed by atoms with Gasteiger partial charge in [-0.1, -0.05) is 17.7 Å². The van der Waals surface area contributed by atoms with Gasteiger partial charge in [-0.05, 0) is 32.9 Å². The monoisotopic (exact) mass is 280 g/mol. The topological polar surface area (TPSA) is 41.6 Å². The average molecular weight is 281 g/mol. The van der Waals surface area contributed by atoms with E-state index in [1.807, 2.05) is 39.0 Å². The second-order valence-corrected chi connectivity index (χ2v) is 6.01. The zero-order valence-corrected chi connectivity index (χ0v) is 12.0. The molecule has 2 aliphatic rings. The normalized spacial score (nSPS) is 28.8. The Balaban J connectivity index is 2.11. The molecule has 102 valence electrons. The molecule has 4 nitrogen and oxygen atoms in total. The fourth-order valence-electron chi connectivity index (χ4n) is 3.19. The lowest BCUT2D eigenvalue weighted by Gasteiger charge is -2.52. The van der Waals surface area contributed by atoms with Crippen LogP contribution in [0.25, 0.3) is 0 Å². The van der Waals surface area contributed by atoms with E-state index >= 15 is 0 Å². The number of benzene rings is 1. The minimum atomic E-state index is -0.612. The Labute approximate surface area is 117 Å². The van der Waals surface area contributed by atoms with E-state index in [2.05, 4.69) is 5.32 Å². The van der Waals surface area contributed by atoms with Crippen molar-refractivity contribution in [3.8, 4) is 5.75 Å². The highest BCUT2D eigenvalue weighted by Gasteiger charge is 2.50. The molecule has 3 rings (SSSR count). The number of carbonyl (C=O) groups excluding carboxylic acids is 1. The van der Waals surface area contributed by atoms with Gasteiger partial charge in [-0.15, -0.1) is 0 Å². The molecular weight excluding hydrogens is 264 g/mol. The molecule has 2 aliphatic heterocycles. The van der Waals surface area contributed by atoms with Crippen LogP contribution >= 0.6 is 11.6 Å². The van der Waals surface area contributed by atoms with E-state index in [1.54, 1.807) is 4.90 Å². The van der Waals surface area contributed by atoms with Gasteiger partial charge in [0.05, 0.1) is 6.04 Å². The Morgan fingerprint density at radius 2 is 2.26 bits per heavy atom. The number of rotatable bonds is 1. The van der Waals surface area contributed by atoms with Crippen LogP contribution in [-0.4, -0.2) is 22.7 Å². The van der Waals surface area contributed by atoms with Crippen molar-refractivity contribution >= 4 is 17.6 Å². The molecule has 1 N–H and O–H groups in total. The molecule has 1 aromatic carbocycles. The molecule has 5 heteroatoms. The zero-order chi connectivity index (χ0) is 13.8. The van der Waals surface area contributed by atoms with Crippen LogP contribution < -0.4 is 10.1 Å². The van der Waals surface area contributed by atoms with Crippen molar-refractivity contribution in [2.24, 2.45) is 0 Å². The van der Waals surface area contributed by atoms with E-state index < -0.39 is 5.72 Å². The summed E-state index contributed by atoms with van der Waals surface area (Å²) in [7, 11) is 0. The van der Waals surface area contributed by atoms with E-state index in [0.717, 1.165) is 11.3 Å². The summed E-state index contributed by atoms with van der Waals surface area (Å²) < 4.78 is 6.10. The average Bonchev–Trinajstić information content (AvgIpc) is 2.25. The van der Waals surface area contributed by atoms with Gasteiger partial charge in [-0.3, -0.25) is 4.90 Å². The molecular formula is C14H17ClN2O2. The van der Waals surface area contributed by atoms with Gasteiger partial charge in [0.25, 0.3) is 0 Å². The van der Waals surface area contributed by atoms with E-state index in [9.17, 15) is 4.79 Å². The van der Waals surface area contributed by atoms with Crippen molar-refractivity contribution in [2.45, 2.75) is 45.0 Å². The first kappa shape index (κ1) is 12.6. The van der Waals surface area contributed by atoms with E-state index in [1.165, 1.54) is 0 Å².